The lowest BCUT2D eigenvalue weighted by atomic mass is 9.98. The molecular weight excluding hydrogens is 480 g/mol. The number of aliphatic carboxylic acids is 2. The van der Waals surface area contributed by atoms with Gasteiger partial charge in [0.2, 0.25) is 17.7 Å². The number of phenolic OH excluding ortho intramolecular Hbond substituents is 1. The Labute approximate surface area is 208 Å². The molecule has 0 spiro atoms. The second kappa shape index (κ2) is 14.2. The molecule has 3 amide bonds. The van der Waals surface area contributed by atoms with Crippen LogP contribution in [0.25, 0.3) is 0 Å². The summed E-state index contributed by atoms with van der Waals surface area (Å²) in [7, 11) is 0. The molecule has 1 aromatic rings. The molecule has 0 saturated heterocycles. The highest BCUT2D eigenvalue weighted by Crippen LogP contribution is 2.13. The minimum absolute atomic E-state index is 0.0220. The van der Waals surface area contributed by atoms with Crippen molar-refractivity contribution in [2.24, 2.45) is 11.7 Å². The van der Waals surface area contributed by atoms with Crippen molar-refractivity contribution in [2.75, 3.05) is 5.75 Å². The molecule has 13 heteroatoms. The molecule has 0 saturated carbocycles. The molecule has 0 aliphatic rings. The largest absolute Gasteiger partial charge is 0.508 e. The van der Waals surface area contributed by atoms with Gasteiger partial charge < -0.3 is 37.0 Å². The summed E-state index contributed by atoms with van der Waals surface area (Å²) >= 11 is 3.90. The second-order valence-electron chi connectivity index (χ2n) is 8.09. The molecule has 35 heavy (non-hydrogen) atoms. The Morgan fingerprint density at radius 1 is 0.943 bits per heavy atom. The smallest absolute Gasteiger partial charge is 0.326 e. The molecule has 12 nitrogen and oxygen atoms in total. The van der Waals surface area contributed by atoms with Gasteiger partial charge in [-0.05, 0) is 23.6 Å². The van der Waals surface area contributed by atoms with Crippen LogP contribution < -0.4 is 21.7 Å². The van der Waals surface area contributed by atoms with Crippen molar-refractivity contribution in [3.8, 4) is 5.75 Å². The first kappa shape index (κ1) is 29.7. The average Bonchev–Trinajstić information content (AvgIpc) is 2.81. The summed E-state index contributed by atoms with van der Waals surface area (Å²) in [6.07, 6.45) is -0.423. The summed E-state index contributed by atoms with van der Waals surface area (Å²) in [5.41, 5.74) is 6.10. The Morgan fingerprint density at radius 3 is 1.97 bits per heavy atom. The third kappa shape index (κ3) is 9.83. The minimum Gasteiger partial charge on any atom is -0.508 e. The lowest BCUT2D eigenvalue weighted by Gasteiger charge is -2.26. The molecule has 0 fully saturated rings. The van der Waals surface area contributed by atoms with Crippen LogP contribution in [0.1, 0.15) is 32.3 Å². The number of nitrogens with two attached hydrogens (primary N) is 1. The van der Waals surface area contributed by atoms with Gasteiger partial charge in [-0.1, -0.05) is 32.4 Å². The Balaban J connectivity index is 3.19. The summed E-state index contributed by atoms with van der Waals surface area (Å²) in [5.74, 6) is -5.71. The molecule has 0 radical (unpaired) electrons. The molecule has 0 bridgehead atoms. The Kier molecular flexibility index (Phi) is 12.0. The Hall–Kier alpha value is -3.32. The van der Waals surface area contributed by atoms with Crippen LogP contribution in [-0.2, 0) is 30.4 Å². The fourth-order valence-electron chi connectivity index (χ4n) is 3.03. The van der Waals surface area contributed by atoms with Gasteiger partial charge in [0.25, 0.3) is 0 Å². The third-order valence-electron chi connectivity index (χ3n) is 5.33. The van der Waals surface area contributed by atoms with Crippen molar-refractivity contribution in [1.82, 2.24) is 16.0 Å². The van der Waals surface area contributed by atoms with Gasteiger partial charge in [0.1, 0.15) is 23.9 Å². The molecule has 0 heterocycles. The maximum Gasteiger partial charge on any atom is 0.326 e. The van der Waals surface area contributed by atoms with Crippen molar-refractivity contribution in [2.45, 2.75) is 57.3 Å². The van der Waals surface area contributed by atoms with Gasteiger partial charge in [0, 0.05) is 12.2 Å². The zero-order valence-corrected chi connectivity index (χ0v) is 20.3. The van der Waals surface area contributed by atoms with Gasteiger partial charge in [0.05, 0.1) is 12.5 Å². The number of aromatic hydroxyl groups is 1. The molecule has 8 N–H and O–H groups in total. The van der Waals surface area contributed by atoms with Gasteiger partial charge in [-0.25, -0.2) is 4.79 Å². The van der Waals surface area contributed by atoms with E-state index >= 15 is 0 Å². The van der Waals surface area contributed by atoms with E-state index in [0.29, 0.717) is 12.0 Å². The van der Waals surface area contributed by atoms with Crippen LogP contribution in [0, 0.1) is 5.92 Å². The lowest BCUT2D eigenvalue weighted by molar-refractivity contribution is -0.144. The molecule has 5 unspecified atom stereocenters. The molecule has 0 aromatic heterocycles. The number of carboxylic acids is 2. The topological polar surface area (TPSA) is 208 Å². The number of hydrogen-bond acceptors (Lipinski definition) is 8. The number of thiol groups is 1. The number of phenols is 1. The molecule has 5 atom stereocenters. The Morgan fingerprint density at radius 2 is 1.49 bits per heavy atom. The van der Waals surface area contributed by atoms with E-state index in [4.69, 9.17) is 10.8 Å². The van der Waals surface area contributed by atoms with Crippen LogP contribution in [0.4, 0.5) is 0 Å². The SMILES string of the molecule is CCC(C)C(NC(=O)C(Cc1ccc(O)cc1)NC(=O)C(CC(=O)O)NC(=O)C(N)CS)C(=O)O. The van der Waals surface area contributed by atoms with Crippen LogP contribution in [0.15, 0.2) is 24.3 Å². The third-order valence-corrected chi connectivity index (χ3v) is 5.72. The van der Waals surface area contributed by atoms with Crippen molar-refractivity contribution in [3.05, 3.63) is 29.8 Å². The molecular formula is C22H32N4O8S. The number of nitrogens with one attached hydrogen (secondary N) is 3. The van der Waals surface area contributed by atoms with Gasteiger partial charge in [-0.15, -0.1) is 0 Å². The van der Waals surface area contributed by atoms with Gasteiger partial charge in [0.15, 0.2) is 0 Å². The summed E-state index contributed by atoms with van der Waals surface area (Å²) in [4.78, 5) is 61.0. The predicted octanol–water partition coefficient (Wildman–Crippen LogP) is -0.748. The van der Waals surface area contributed by atoms with E-state index in [1.807, 2.05) is 0 Å². The zero-order valence-electron chi connectivity index (χ0n) is 19.4. The Bertz CT molecular complexity index is 911. The lowest BCUT2D eigenvalue weighted by Crippen LogP contribution is -2.58. The maximum absolute atomic E-state index is 13.0. The number of carbonyl (C=O) groups is 5. The summed E-state index contributed by atoms with van der Waals surface area (Å²) in [6.45, 7) is 3.41. The van der Waals surface area contributed by atoms with E-state index in [0.717, 1.165) is 0 Å². The van der Waals surface area contributed by atoms with Crippen LogP contribution in [0.5, 0.6) is 5.75 Å². The van der Waals surface area contributed by atoms with Crippen molar-refractivity contribution in [1.29, 1.82) is 0 Å². The van der Waals surface area contributed by atoms with Gasteiger partial charge >= 0.3 is 11.9 Å². The molecule has 0 aliphatic carbocycles. The predicted molar refractivity (Wildman–Crippen MR) is 129 cm³/mol. The zero-order chi connectivity index (χ0) is 26.7. The van der Waals surface area contributed by atoms with E-state index in [1.165, 1.54) is 24.3 Å². The molecule has 1 aromatic carbocycles. The highest BCUT2D eigenvalue weighted by molar-refractivity contribution is 7.80. The first-order valence-electron chi connectivity index (χ1n) is 10.9. The summed E-state index contributed by atoms with van der Waals surface area (Å²) in [6, 6.07) is 0.575. The number of amides is 3. The monoisotopic (exact) mass is 512 g/mol. The standard InChI is InChI=1S/C22H32N4O8S/c1-3-11(2)18(22(33)34)26-21(32)15(8-12-4-6-13(27)7-5-12)25-20(31)16(9-17(28)29)24-19(30)14(23)10-35/h4-7,11,14-16,18,27,35H,3,8-10,23H2,1-2H3,(H,24,30)(H,25,31)(H,26,32)(H,28,29)(H,33,34). The van der Waals surface area contributed by atoms with Crippen molar-refractivity contribution < 1.29 is 39.3 Å². The number of benzene rings is 1. The first-order chi connectivity index (χ1) is 16.4. The van der Waals surface area contributed by atoms with E-state index < -0.39 is 66.2 Å². The molecule has 1 rings (SSSR count). The van der Waals surface area contributed by atoms with Crippen LogP contribution in [0.2, 0.25) is 0 Å². The van der Waals surface area contributed by atoms with Gasteiger partial charge in [-0.2, -0.15) is 12.6 Å². The summed E-state index contributed by atoms with van der Waals surface area (Å²) in [5, 5.41) is 35.2. The van der Waals surface area contributed by atoms with E-state index in [1.54, 1.807) is 13.8 Å². The number of carbonyl (C=O) groups excluding carboxylic acids is 3. The normalized spacial score (nSPS) is 15.1. The van der Waals surface area contributed by atoms with Crippen LogP contribution in [-0.4, -0.2) is 74.9 Å². The minimum atomic E-state index is -1.55. The quantitative estimate of drug-likeness (QED) is 0.147. The van der Waals surface area contributed by atoms with Gasteiger partial charge in [-0.3, -0.25) is 19.2 Å². The second-order valence-corrected chi connectivity index (χ2v) is 8.46. The van der Waals surface area contributed by atoms with Crippen molar-refractivity contribution in [3.63, 3.8) is 0 Å². The maximum atomic E-state index is 13.0. The number of carboxylic acid groups (broad SMARTS) is 2. The highest BCUT2D eigenvalue weighted by Gasteiger charge is 2.32. The molecule has 194 valence electrons. The molecule has 0 aliphatic heterocycles. The first-order valence-corrected chi connectivity index (χ1v) is 11.5. The van der Waals surface area contributed by atoms with E-state index in [-0.39, 0.29) is 17.9 Å². The highest BCUT2D eigenvalue weighted by atomic mass is 32.1. The van der Waals surface area contributed by atoms with E-state index in [2.05, 4.69) is 28.6 Å². The van der Waals surface area contributed by atoms with Crippen LogP contribution >= 0.6 is 12.6 Å². The number of hydrogen-bond donors (Lipinski definition) is 8. The summed E-state index contributed by atoms with van der Waals surface area (Å²) < 4.78 is 0. The fourth-order valence-corrected chi connectivity index (χ4v) is 3.20. The number of rotatable bonds is 14. The van der Waals surface area contributed by atoms with E-state index in [9.17, 15) is 34.2 Å². The van der Waals surface area contributed by atoms with Crippen molar-refractivity contribution >= 4 is 42.3 Å². The van der Waals surface area contributed by atoms with Crippen LogP contribution in [0.3, 0.4) is 0 Å². The fraction of sp³-hybridized carbons (Fsp3) is 0.500. The average molecular weight is 513 g/mol.